The molecule has 2 atom stereocenters. The van der Waals surface area contributed by atoms with Gasteiger partial charge in [0.2, 0.25) is 5.91 Å². The number of thiophene rings is 1. The van der Waals surface area contributed by atoms with Crippen molar-refractivity contribution < 1.29 is 15.0 Å². The van der Waals surface area contributed by atoms with Crippen LogP contribution in [0.2, 0.25) is 0 Å². The minimum atomic E-state index is -0.678. The summed E-state index contributed by atoms with van der Waals surface area (Å²) in [7, 11) is 0. The highest BCUT2D eigenvalue weighted by Crippen LogP contribution is 2.34. The van der Waals surface area contributed by atoms with E-state index in [2.05, 4.69) is 11.4 Å². The smallest absolute Gasteiger partial charge is 0.222 e. The molecule has 2 aromatic rings. The lowest BCUT2D eigenvalue weighted by Gasteiger charge is -2.45. The van der Waals surface area contributed by atoms with Crippen LogP contribution in [0.3, 0.4) is 0 Å². The Morgan fingerprint density at radius 1 is 1.23 bits per heavy atom. The minimum Gasteiger partial charge on any atom is -0.396 e. The van der Waals surface area contributed by atoms with Crippen LogP contribution in [0.25, 0.3) is 0 Å². The molecule has 1 amide bonds. The average Bonchev–Trinajstić information content (AvgIpc) is 3.18. The number of carbonyl (C=O) groups excluding carboxylic acids is 1. The number of aryl methyl sites for hydroxylation is 1. The highest BCUT2D eigenvalue weighted by Gasteiger charge is 2.43. The Kier molecular flexibility index (Phi) is 6.46. The summed E-state index contributed by atoms with van der Waals surface area (Å²) in [5.41, 5.74) is 0.399. The van der Waals surface area contributed by atoms with Gasteiger partial charge in [0, 0.05) is 29.8 Å². The quantitative estimate of drug-likeness (QED) is 0.785. The highest BCUT2D eigenvalue weighted by atomic mass is 32.1. The largest absolute Gasteiger partial charge is 0.396 e. The number of benzene rings is 1. The molecule has 0 spiro atoms. The predicted molar refractivity (Wildman–Crippen MR) is 104 cm³/mol. The second-order valence-electron chi connectivity index (χ2n) is 7.24. The number of hydrogen-bond acceptors (Lipinski definition) is 4. The van der Waals surface area contributed by atoms with Crippen molar-refractivity contribution in [3.8, 4) is 0 Å². The Hall–Kier alpha value is -1.69. The number of hydrogen-bond donors (Lipinski definition) is 2. The second kappa shape index (κ2) is 8.80. The first-order valence-corrected chi connectivity index (χ1v) is 10.1. The number of amides is 1. The summed E-state index contributed by atoms with van der Waals surface area (Å²) in [6.07, 6.45) is 2.77. The van der Waals surface area contributed by atoms with Crippen molar-refractivity contribution in [1.82, 2.24) is 4.90 Å². The van der Waals surface area contributed by atoms with E-state index >= 15 is 0 Å². The van der Waals surface area contributed by atoms with Crippen molar-refractivity contribution >= 4 is 17.2 Å². The van der Waals surface area contributed by atoms with Crippen molar-refractivity contribution in [3.05, 3.63) is 58.3 Å². The molecule has 0 radical (unpaired) electrons. The van der Waals surface area contributed by atoms with Crippen molar-refractivity contribution in [2.24, 2.45) is 5.41 Å². The van der Waals surface area contributed by atoms with E-state index in [1.165, 1.54) is 4.88 Å². The fourth-order valence-corrected chi connectivity index (χ4v) is 4.53. The highest BCUT2D eigenvalue weighted by molar-refractivity contribution is 7.09. The van der Waals surface area contributed by atoms with Gasteiger partial charge in [-0.3, -0.25) is 4.79 Å². The normalized spacial score (nSPS) is 23.2. The standard InChI is InChI=1S/C21H27NO3S/c23-16-21(14-17-6-2-1-3-7-17)15-22(12-11-19(21)24)20(25)10-4-8-18-9-5-13-26-18/h1-3,5-7,9,13,19,23-24H,4,8,10-12,14-16H2/t19-,21+/m0/s1. The summed E-state index contributed by atoms with van der Waals surface area (Å²) >= 11 is 1.72. The molecule has 1 saturated heterocycles. The van der Waals surface area contributed by atoms with Gasteiger partial charge in [-0.2, -0.15) is 0 Å². The molecule has 0 bridgehead atoms. The average molecular weight is 374 g/mol. The summed E-state index contributed by atoms with van der Waals surface area (Å²) in [6.45, 7) is 0.856. The van der Waals surface area contributed by atoms with Crippen LogP contribution < -0.4 is 0 Å². The van der Waals surface area contributed by atoms with E-state index in [4.69, 9.17) is 0 Å². The number of likely N-dealkylation sites (tertiary alicyclic amines) is 1. The van der Waals surface area contributed by atoms with Gasteiger partial charge in [0.1, 0.15) is 0 Å². The van der Waals surface area contributed by atoms with Gasteiger partial charge in [0.15, 0.2) is 0 Å². The summed E-state index contributed by atoms with van der Waals surface area (Å²) in [4.78, 5) is 15.8. The van der Waals surface area contributed by atoms with E-state index in [9.17, 15) is 15.0 Å². The van der Waals surface area contributed by atoms with Crippen molar-refractivity contribution in [2.45, 2.75) is 38.2 Å². The first kappa shape index (κ1) is 19.1. The Morgan fingerprint density at radius 2 is 2.04 bits per heavy atom. The van der Waals surface area contributed by atoms with Crippen LogP contribution in [0, 0.1) is 5.41 Å². The molecule has 5 heteroatoms. The number of aliphatic hydroxyl groups excluding tert-OH is 2. The zero-order valence-electron chi connectivity index (χ0n) is 15.0. The zero-order chi connectivity index (χ0) is 18.4. The number of aliphatic hydroxyl groups is 2. The zero-order valence-corrected chi connectivity index (χ0v) is 15.8. The van der Waals surface area contributed by atoms with Crippen molar-refractivity contribution in [3.63, 3.8) is 0 Å². The van der Waals surface area contributed by atoms with E-state index in [1.807, 2.05) is 41.3 Å². The molecule has 2 N–H and O–H groups in total. The first-order valence-electron chi connectivity index (χ1n) is 9.26. The van der Waals surface area contributed by atoms with Crippen LogP contribution in [-0.4, -0.2) is 46.8 Å². The number of piperidine rings is 1. The lowest BCUT2D eigenvalue weighted by Crippen LogP contribution is -2.56. The van der Waals surface area contributed by atoms with Crippen LogP contribution >= 0.6 is 11.3 Å². The van der Waals surface area contributed by atoms with Crippen molar-refractivity contribution in [2.75, 3.05) is 19.7 Å². The third-order valence-corrected chi connectivity index (χ3v) is 6.28. The van der Waals surface area contributed by atoms with Gasteiger partial charge >= 0.3 is 0 Å². The molecule has 1 aromatic carbocycles. The molecule has 1 aromatic heterocycles. The van der Waals surface area contributed by atoms with Crippen LogP contribution in [0.5, 0.6) is 0 Å². The van der Waals surface area contributed by atoms with E-state index in [-0.39, 0.29) is 12.5 Å². The van der Waals surface area contributed by atoms with Crippen LogP contribution in [0.1, 0.15) is 29.7 Å². The van der Waals surface area contributed by atoms with E-state index in [0.29, 0.717) is 32.4 Å². The topological polar surface area (TPSA) is 60.8 Å². The molecule has 0 aliphatic carbocycles. The Morgan fingerprint density at radius 3 is 2.73 bits per heavy atom. The molecule has 0 saturated carbocycles. The molecular formula is C21H27NO3S. The Labute approximate surface area is 159 Å². The molecule has 2 heterocycles. The van der Waals surface area contributed by atoms with Crippen molar-refractivity contribution in [1.29, 1.82) is 0 Å². The van der Waals surface area contributed by atoms with Crippen LogP contribution in [0.15, 0.2) is 47.8 Å². The van der Waals surface area contributed by atoms with Gasteiger partial charge in [-0.05, 0) is 42.7 Å². The summed E-state index contributed by atoms with van der Waals surface area (Å²) in [6, 6.07) is 14.0. The van der Waals surface area contributed by atoms with Gasteiger partial charge < -0.3 is 15.1 Å². The van der Waals surface area contributed by atoms with E-state index in [1.54, 1.807) is 11.3 Å². The lowest BCUT2D eigenvalue weighted by molar-refractivity contribution is -0.142. The summed E-state index contributed by atoms with van der Waals surface area (Å²) in [5.74, 6) is 0.124. The van der Waals surface area contributed by atoms with Gasteiger partial charge in [-0.15, -0.1) is 11.3 Å². The number of rotatable bonds is 7. The first-order chi connectivity index (χ1) is 12.6. The molecule has 26 heavy (non-hydrogen) atoms. The molecular weight excluding hydrogens is 346 g/mol. The predicted octanol–water partition coefficient (Wildman–Crippen LogP) is 2.89. The van der Waals surface area contributed by atoms with Crippen LogP contribution in [-0.2, 0) is 17.6 Å². The fraction of sp³-hybridized carbons (Fsp3) is 0.476. The molecule has 1 fully saturated rings. The Bertz CT molecular complexity index is 689. The van der Waals surface area contributed by atoms with Crippen LogP contribution in [0.4, 0.5) is 0 Å². The molecule has 1 aliphatic rings. The molecule has 0 unspecified atom stereocenters. The minimum absolute atomic E-state index is 0.123. The molecule has 1 aliphatic heterocycles. The fourth-order valence-electron chi connectivity index (χ4n) is 3.78. The third kappa shape index (κ3) is 4.53. The second-order valence-corrected chi connectivity index (χ2v) is 8.27. The molecule has 140 valence electrons. The maximum absolute atomic E-state index is 12.7. The Balaban J connectivity index is 1.61. The summed E-state index contributed by atoms with van der Waals surface area (Å²) in [5, 5.41) is 22.7. The SMILES string of the molecule is O=C(CCCc1cccs1)N1CC[C@H](O)[C@](CO)(Cc2ccccc2)C1. The summed E-state index contributed by atoms with van der Waals surface area (Å²) < 4.78 is 0. The van der Waals surface area contributed by atoms with Gasteiger partial charge in [-0.1, -0.05) is 36.4 Å². The maximum atomic E-state index is 12.7. The van der Waals surface area contributed by atoms with Gasteiger partial charge in [0.05, 0.1) is 12.7 Å². The molecule has 3 rings (SSSR count). The van der Waals surface area contributed by atoms with Gasteiger partial charge in [-0.25, -0.2) is 0 Å². The monoisotopic (exact) mass is 373 g/mol. The third-order valence-electron chi connectivity index (χ3n) is 5.35. The lowest BCUT2D eigenvalue weighted by atomic mass is 9.73. The molecule has 4 nitrogen and oxygen atoms in total. The number of carbonyl (C=O) groups is 1. The van der Waals surface area contributed by atoms with Gasteiger partial charge in [0.25, 0.3) is 0 Å². The number of nitrogens with zero attached hydrogens (tertiary/aromatic N) is 1. The van der Waals surface area contributed by atoms with E-state index < -0.39 is 11.5 Å². The maximum Gasteiger partial charge on any atom is 0.222 e. The van der Waals surface area contributed by atoms with E-state index in [0.717, 1.165) is 18.4 Å².